The van der Waals surface area contributed by atoms with Crippen LogP contribution in [0.2, 0.25) is 0 Å². The van der Waals surface area contributed by atoms with Gasteiger partial charge in [-0.15, -0.1) is 10.2 Å². The number of amides is 1. The first-order valence-electron chi connectivity index (χ1n) is 5.82. The maximum atomic E-state index is 11.6. The van der Waals surface area contributed by atoms with Crippen LogP contribution >= 0.6 is 0 Å². The molecule has 1 aromatic rings. The van der Waals surface area contributed by atoms with Gasteiger partial charge in [0, 0.05) is 12.1 Å². The fourth-order valence-electron chi connectivity index (χ4n) is 1.23. The zero-order chi connectivity index (χ0) is 12.9. The summed E-state index contributed by atoms with van der Waals surface area (Å²) in [7, 11) is 0. The maximum Gasteiger partial charge on any atom is 0.271 e. The molecule has 0 fully saturated rings. The molecule has 0 aliphatic heterocycles. The van der Waals surface area contributed by atoms with Gasteiger partial charge in [-0.1, -0.05) is 6.92 Å². The summed E-state index contributed by atoms with van der Waals surface area (Å²) in [5, 5.41) is 13.8. The lowest BCUT2D eigenvalue weighted by molar-refractivity contribution is 0.0947. The van der Waals surface area contributed by atoms with Crippen molar-refractivity contribution >= 4 is 11.7 Å². The van der Waals surface area contributed by atoms with Crippen LogP contribution < -0.4 is 10.6 Å². The molecule has 0 saturated carbocycles. The minimum Gasteiger partial charge on any atom is -0.364 e. The summed E-state index contributed by atoms with van der Waals surface area (Å²) in [5.41, 5.74) is 0.277. The largest absolute Gasteiger partial charge is 0.364 e. The molecule has 1 amide bonds. The summed E-state index contributed by atoms with van der Waals surface area (Å²) in [5.74, 6) is 0.492. The first-order chi connectivity index (χ1) is 7.92. The van der Waals surface area contributed by atoms with Gasteiger partial charge in [-0.05, 0) is 39.3 Å². The van der Waals surface area contributed by atoms with Crippen LogP contribution in [0, 0.1) is 0 Å². The van der Waals surface area contributed by atoms with Gasteiger partial charge in [-0.25, -0.2) is 0 Å². The third-order valence-corrected chi connectivity index (χ3v) is 1.94. The van der Waals surface area contributed by atoms with Crippen molar-refractivity contribution < 1.29 is 4.79 Å². The van der Waals surface area contributed by atoms with Gasteiger partial charge in [0.2, 0.25) is 0 Å². The summed E-state index contributed by atoms with van der Waals surface area (Å²) in [6, 6.07) is 3.44. The smallest absolute Gasteiger partial charge is 0.271 e. The molecule has 0 unspecified atom stereocenters. The van der Waals surface area contributed by atoms with Crippen LogP contribution in [0.4, 0.5) is 5.82 Å². The van der Waals surface area contributed by atoms with Crippen LogP contribution in [0.1, 0.15) is 44.6 Å². The van der Waals surface area contributed by atoms with E-state index in [1.165, 1.54) is 0 Å². The van der Waals surface area contributed by atoms with Crippen molar-refractivity contribution in [2.24, 2.45) is 0 Å². The van der Waals surface area contributed by atoms with E-state index in [-0.39, 0.29) is 11.4 Å². The molecular weight excluding hydrogens is 216 g/mol. The monoisotopic (exact) mass is 236 g/mol. The Labute approximate surface area is 102 Å². The predicted octanol–water partition coefficient (Wildman–Crippen LogP) is 1.83. The molecule has 0 atom stereocenters. The summed E-state index contributed by atoms with van der Waals surface area (Å²) in [6.07, 6.45) is 0.906. The first kappa shape index (κ1) is 13.4. The Morgan fingerprint density at radius 2 is 2.00 bits per heavy atom. The predicted molar refractivity (Wildman–Crippen MR) is 68.0 cm³/mol. The molecule has 0 aliphatic rings. The van der Waals surface area contributed by atoms with Crippen molar-refractivity contribution in [3.63, 3.8) is 0 Å². The quantitative estimate of drug-likeness (QED) is 0.837. The number of aromatic nitrogens is 2. The molecule has 1 rings (SSSR count). The van der Waals surface area contributed by atoms with Gasteiger partial charge >= 0.3 is 0 Å². The van der Waals surface area contributed by atoms with E-state index < -0.39 is 0 Å². The second-order valence-corrected chi connectivity index (χ2v) is 4.93. The summed E-state index contributed by atoms with van der Waals surface area (Å²) in [4.78, 5) is 11.6. The van der Waals surface area contributed by atoms with Crippen molar-refractivity contribution in [3.05, 3.63) is 17.8 Å². The number of rotatable bonds is 4. The molecule has 2 N–H and O–H groups in total. The van der Waals surface area contributed by atoms with Crippen LogP contribution in [0.15, 0.2) is 12.1 Å². The number of hydrogen-bond donors (Lipinski definition) is 2. The first-order valence-corrected chi connectivity index (χ1v) is 5.82. The van der Waals surface area contributed by atoms with Gasteiger partial charge in [0.05, 0.1) is 0 Å². The van der Waals surface area contributed by atoms with E-state index in [1.54, 1.807) is 12.1 Å². The van der Waals surface area contributed by atoms with E-state index >= 15 is 0 Å². The molecule has 1 aromatic heterocycles. The topological polar surface area (TPSA) is 66.9 Å². The van der Waals surface area contributed by atoms with Crippen molar-refractivity contribution in [2.45, 2.75) is 39.7 Å². The second-order valence-electron chi connectivity index (χ2n) is 4.93. The molecular formula is C12H20N4O. The van der Waals surface area contributed by atoms with Crippen LogP contribution in [-0.2, 0) is 0 Å². The highest BCUT2D eigenvalue weighted by Gasteiger charge is 2.11. The Morgan fingerprint density at radius 3 is 2.47 bits per heavy atom. The number of carbonyl (C=O) groups is 1. The third-order valence-electron chi connectivity index (χ3n) is 1.94. The fraction of sp³-hybridized carbons (Fsp3) is 0.583. The van der Waals surface area contributed by atoms with Gasteiger partial charge < -0.3 is 10.6 Å². The van der Waals surface area contributed by atoms with Gasteiger partial charge in [0.25, 0.3) is 5.91 Å². The Balaban J connectivity index is 2.64. The average molecular weight is 236 g/mol. The van der Waals surface area contributed by atoms with Gasteiger partial charge in [0.15, 0.2) is 5.69 Å². The maximum absolute atomic E-state index is 11.6. The summed E-state index contributed by atoms with van der Waals surface area (Å²) >= 11 is 0. The van der Waals surface area contributed by atoms with Crippen molar-refractivity contribution in [3.8, 4) is 0 Å². The van der Waals surface area contributed by atoms with Crippen LogP contribution in [0.25, 0.3) is 0 Å². The van der Waals surface area contributed by atoms with E-state index in [1.807, 2.05) is 27.7 Å². The zero-order valence-electron chi connectivity index (χ0n) is 10.9. The fourth-order valence-corrected chi connectivity index (χ4v) is 1.23. The molecule has 0 bridgehead atoms. The normalized spacial score (nSPS) is 11.1. The molecule has 94 valence electrons. The highest BCUT2D eigenvalue weighted by Crippen LogP contribution is 2.10. The number of anilines is 1. The van der Waals surface area contributed by atoms with Crippen LogP contribution in [-0.4, -0.2) is 28.2 Å². The second kappa shape index (κ2) is 5.61. The molecule has 5 heteroatoms. The Hall–Kier alpha value is -1.65. The summed E-state index contributed by atoms with van der Waals surface area (Å²) in [6.45, 7) is 8.77. The Bertz CT molecular complexity index is 367. The van der Waals surface area contributed by atoms with E-state index in [2.05, 4.69) is 20.8 Å². The highest BCUT2D eigenvalue weighted by molar-refractivity contribution is 5.92. The van der Waals surface area contributed by atoms with Gasteiger partial charge in [-0.2, -0.15) is 0 Å². The number of nitrogens with zero attached hydrogens (tertiary/aromatic N) is 2. The van der Waals surface area contributed by atoms with Crippen molar-refractivity contribution in [1.82, 2.24) is 15.5 Å². The molecule has 17 heavy (non-hydrogen) atoms. The Morgan fingerprint density at radius 1 is 1.29 bits per heavy atom. The van der Waals surface area contributed by atoms with Crippen LogP contribution in [0.3, 0.4) is 0 Å². The number of hydrogen-bond acceptors (Lipinski definition) is 4. The Kier molecular flexibility index (Phi) is 4.43. The molecule has 0 radical (unpaired) electrons. The van der Waals surface area contributed by atoms with E-state index in [9.17, 15) is 4.79 Å². The van der Waals surface area contributed by atoms with Crippen molar-refractivity contribution in [2.75, 3.05) is 11.9 Å². The lowest BCUT2D eigenvalue weighted by Crippen LogP contribution is -2.28. The average Bonchev–Trinajstić information content (AvgIpc) is 2.24. The third kappa shape index (κ3) is 4.80. The van der Waals surface area contributed by atoms with Crippen molar-refractivity contribution in [1.29, 1.82) is 0 Å². The van der Waals surface area contributed by atoms with Gasteiger partial charge in [-0.3, -0.25) is 4.79 Å². The highest BCUT2D eigenvalue weighted by atomic mass is 16.1. The molecule has 5 nitrogen and oxygen atoms in total. The number of nitrogens with one attached hydrogen (secondary N) is 2. The molecule has 0 spiro atoms. The number of carbonyl (C=O) groups excluding carboxylic acids is 1. The van der Waals surface area contributed by atoms with E-state index in [4.69, 9.17) is 0 Å². The standard InChI is InChI=1S/C12H20N4O/c1-5-8-13-11(17)9-6-7-10(16-15-9)14-12(2,3)4/h6-7H,5,8H2,1-4H3,(H,13,17)(H,14,16). The molecule has 0 saturated heterocycles. The molecule has 0 aliphatic carbocycles. The van der Waals surface area contributed by atoms with E-state index in [0.29, 0.717) is 18.1 Å². The molecule has 0 aromatic carbocycles. The SMILES string of the molecule is CCCNC(=O)c1ccc(NC(C)(C)C)nn1. The molecule has 1 heterocycles. The lowest BCUT2D eigenvalue weighted by Gasteiger charge is -2.20. The minimum absolute atomic E-state index is 0.0688. The zero-order valence-corrected chi connectivity index (χ0v) is 10.9. The summed E-state index contributed by atoms with van der Waals surface area (Å²) < 4.78 is 0. The minimum atomic E-state index is -0.179. The van der Waals surface area contributed by atoms with Gasteiger partial charge in [0.1, 0.15) is 5.82 Å². The van der Waals surface area contributed by atoms with Crippen LogP contribution in [0.5, 0.6) is 0 Å². The van der Waals surface area contributed by atoms with E-state index in [0.717, 1.165) is 6.42 Å². The lowest BCUT2D eigenvalue weighted by atomic mass is 10.1.